The molecule has 246 valence electrons. The number of nitrogens with one attached hydrogen (secondary N) is 1. The van der Waals surface area contributed by atoms with E-state index in [-0.39, 0.29) is 36.0 Å². The van der Waals surface area contributed by atoms with E-state index < -0.39 is 46.4 Å². The molecule has 5 atom stereocenters. The third-order valence-electron chi connectivity index (χ3n) is 8.22. The molecule has 18 heteroatoms. The molecule has 1 amide bonds. The molecule has 14 nitrogen and oxygen atoms in total. The Morgan fingerprint density at radius 3 is 2.49 bits per heavy atom. The molecule has 0 unspecified atom stereocenters. The van der Waals surface area contributed by atoms with Crippen LogP contribution in [0.15, 0.2) is 35.5 Å². The quantitative estimate of drug-likeness (QED) is 0.203. The largest absolute Gasteiger partial charge is 0.471 e. The number of hydrogen-bond donors (Lipinski definition) is 5. The molecule has 3 aromatic rings. The third-order valence-corrected chi connectivity index (χ3v) is 9.15. The number of primary sulfonamides is 1. The molecule has 0 radical (unpaired) electrons. The Kier molecular flexibility index (Phi) is 9.23. The Balaban J connectivity index is 1.44. The van der Waals surface area contributed by atoms with E-state index in [1.165, 1.54) is 23.0 Å². The van der Waals surface area contributed by atoms with Gasteiger partial charge in [-0.1, -0.05) is 19.1 Å². The Hall–Kier alpha value is -3.58. The Morgan fingerprint density at radius 2 is 1.89 bits per heavy atom. The van der Waals surface area contributed by atoms with E-state index in [9.17, 15) is 36.6 Å². The van der Waals surface area contributed by atoms with E-state index >= 15 is 0 Å². The van der Waals surface area contributed by atoms with Crippen LogP contribution in [-0.2, 0) is 21.2 Å². The summed E-state index contributed by atoms with van der Waals surface area (Å²) in [5.74, 6) is -1.38. The van der Waals surface area contributed by atoms with Crippen molar-refractivity contribution >= 4 is 38.9 Å². The molecule has 0 spiro atoms. The van der Waals surface area contributed by atoms with Crippen molar-refractivity contribution in [1.82, 2.24) is 24.4 Å². The number of alkyl halides is 3. The second kappa shape index (κ2) is 12.7. The maximum absolute atomic E-state index is 13.4. The number of fused-ring (bicyclic) bond motifs is 1. The van der Waals surface area contributed by atoms with Gasteiger partial charge in [0.2, 0.25) is 16.0 Å². The van der Waals surface area contributed by atoms with Crippen LogP contribution in [0.2, 0.25) is 0 Å². The van der Waals surface area contributed by atoms with Crippen molar-refractivity contribution < 1.29 is 36.6 Å². The maximum Gasteiger partial charge on any atom is 0.471 e. The second-order valence-corrected chi connectivity index (χ2v) is 13.0. The van der Waals surface area contributed by atoms with E-state index in [4.69, 9.17) is 15.9 Å². The predicted molar refractivity (Wildman–Crippen MR) is 158 cm³/mol. The monoisotopic (exact) mass is 655 g/mol. The minimum atomic E-state index is -5.14. The highest BCUT2D eigenvalue weighted by Gasteiger charge is 2.51. The van der Waals surface area contributed by atoms with Crippen LogP contribution < -0.4 is 21.1 Å². The summed E-state index contributed by atoms with van der Waals surface area (Å²) >= 11 is 0. The molecule has 1 aliphatic carbocycles. The fraction of sp³-hybridized carbons (Fsp3) is 0.556. The number of rotatable bonds is 10. The fourth-order valence-electron chi connectivity index (χ4n) is 5.95. The zero-order valence-electron chi connectivity index (χ0n) is 24.4. The maximum atomic E-state index is 13.4. The molecule has 2 fully saturated rings. The molecule has 1 aromatic carbocycles. The van der Waals surface area contributed by atoms with Gasteiger partial charge in [-0.2, -0.15) is 23.1 Å². The number of aliphatic hydroxyl groups is 2. The zero-order valence-corrected chi connectivity index (χ0v) is 25.2. The number of anilines is 2. The van der Waals surface area contributed by atoms with Gasteiger partial charge in [0.25, 0.3) is 0 Å². The van der Waals surface area contributed by atoms with Crippen LogP contribution in [0, 0.1) is 0 Å². The summed E-state index contributed by atoms with van der Waals surface area (Å²) in [6.45, 7) is 2.82. The van der Waals surface area contributed by atoms with Gasteiger partial charge >= 0.3 is 12.1 Å². The van der Waals surface area contributed by atoms with E-state index in [1.807, 2.05) is 4.90 Å². The number of carbonyl (C=O) groups is 1. The van der Waals surface area contributed by atoms with Crippen molar-refractivity contribution in [2.75, 3.05) is 36.4 Å². The molecule has 2 aromatic heterocycles. The van der Waals surface area contributed by atoms with Crippen LogP contribution in [0.1, 0.15) is 37.8 Å². The number of sulfonamides is 1. The summed E-state index contributed by atoms with van der Waals surface area (Å²) in [5, 5.41) is 30.3. The number of benzene rings is 1. The molecule has 0 bridgehead atoms. The molecule has 1 aliphatic heterocycles. The van der Waals surface area contributed by atoms with Crippen molar-refractivity contribution in [3.05, 3.63) is 36.2 Å². The van der Waals surface area contributed by atoms with Gasteiger partial charge in [-0.05, 0) is 43.4 Å². The molecule has 3 heterocycles. The van der Waals surface area contributed by atoms with E-state index in [1.54, 1.807) is 19.1 Å². The number of nitrogens with zero attached hydrogens (tertiary/aromatic N) is 6. The van der Waals surface area contributed by atoms with Crippen LogP contribution in [0.3, 0.4) is 0 Å². The summed E-state index contributed by atoms with van der Waals surface area (Å²) in [7, 11) is -3.82. The van der Waals surface area contributed by atoms with Crippen molar-refractivity contribution in [2.45, 2.75) is 74.0 Å². The van der Waals surface area contributed by atoms with Gasteiger partial charge < -0.3 is 35.6 Å². The Labute approximate surface area is 257 Å². The van der Waals surface area contributed by atoms with Crippen molar-refractivity contribution in [2.24, 2.45) is 10.9 Å². The standard InChI is InChI=1S/C27H36F3N9O5S/c1-2-10-38(25(42)27(28,29)30)18-12-19(22(41)21(18)40)39-14-34-20-23(35-26(36-24(20)39)37-11-8-16(31)13-37)33-9-7-15-3-5-17(6-4-15)45(32,43)44/h3-6,14,16,18-19,21-22,40-41H,2,7-13,31H2,1H3,(H2,32,43,44)(H,33,35,36)/t16-,18+,19-,21-,22+/m1/s1. The lowest BCUT2D eigenvalue weighted by Crippen LogP contribution is -2.51. The average Bonchev–Trinajstić information content (AvgIpc) is 3.68. The number of aliphatic hydroxyl groups excluding tert-OH is 2. The zero-order chi connectivity index (χ0) is 32.7. The number of amides is 1. The topological polar surface area (TPSA) is 206 Å². The van der Waals surface area contributed by atoms with Gasteiger partial charge in [0.05, 0.1) is 23.3 Å². The predicted octanol–water partition coefficient (Wildman–Crippen LogP) is 0.502. The first kappa shape index (κ1) is 32.8. The van der Waals surface area contributed by atoms with Gasteiger partial charge in [-0.15, -0.1) is 0 Å². The van der Waals surface area contributed by atoms with Gasteiger partial charge in [0.1, 0.15) is 12.2 Å². The first-order chi connectivity index (χ1) is 21.2. The van der Waals surface area contributed by atoms with Crippen LogP contribution in [-0.4, -0.2) is 106 Å². The SMILES string of the molecule is CCCN(C(=O)C(F)(F)F)[C@H]1C[C@@H](n2cnc3c(NCCc4ccc(S(N)(=O)=O)cc4)nc(N4CC[C@@H](N)C4)nc32)[C@H](O)[C@@H]1O. The lowest BCUT2D eigenvalue weighted by molar-refractivity contribution is -0.190. The number of carbonyl (C=O) groups excluding carboxylic acids is 1. The van der Waals surface area contributed by atoms with Gasteiger partial charge in [0, 0.05) is 32.2 Å². The van der Waals surface area contributed by atoms with Crippen LogP contribution >= 0.6 is 0 Å². The highest BCUT2D eigenvalue weighted by Crippen LogP contribution is 2.38. The molecule has 1 saturated heterocycles. The van der Waals surface area contributed by atoms with Gasteiger partial charge in [-0.25, -0.2) is 18.5 Å². The first-order valence-electron chi connectivity index (χ1n) is 14.5. The van der Waals surface area contributed by atoms with Gasteiger partial charge in [0.15, 0.2) is 17.0 Å². The minimum absolute atomic E-state index is 0.00207. The molecular weight excluding hydrogens is 619 g/mol. The number of imidazole rings is 1. The molecule has 2 aliphatic rings. The fourth-order valence-corrected chi connectivity index (χ4v) is 6.46. The van der Waals surface area contributed by atoms with E-state index in [0.717, 1.165) is 5.56 Å². The van der Waals surface area contributed by atoms with Crippen LogP contribution in [0.4, 0.5) is 24.9 Å². The summed E-state index contributed by atoms with van der Waals surface area (Å²) < 4.78 is 64.8. The number of hydrogen-bond acceptors (Lipinski definition) is 11. The Morgan fingerprint density at radius 1 is 1.18 bits per heavy atom. The second-order valence-electron chi connectivity index (χ2n) is 11.4. The van der Waals surface area contributed by atoms with Crippen LogP contribution in [0.25, 0.3) is 11.2 Å². The highest BCUT2D eigenvalue weighted by molar-refractivity contribution is 7.89. The number of aromatic nitrogens is 4. The Bertz CT molecular complexity index is 1640. The number of nitrogens with two attached hydrogens (primary N) is 2. The van der Waals surface area contributed by atoms with Crippen molar-refractivity contribution in [3.8, 4) is 0 Å². The summed E-state index contributed by atoms with van der Waals surface area (Å²) in [4.78, 5) is 28.5. The van der Waals surface area contributed by atoms with Crippen molar-refractivity contribution in [3.63, 3.8) is 0 Å². The minimum Gasteiger partial charge on any atom is -0.388 e. The molecule has 7 N–H and O–H groups in total. The smallest absolute Gasteiger partial charge is 0.388 e. The van der Waals surface area contributed by atoms with E-state index in [0.29, 0.717) is 54.7 Å². The molecular formula is C27H36F3N9O5S. The lowest BCUT2D eigenvalue weighted by Gasteiger charge is -2.31. The van der Waals surface area contributed by atoms with Crippen molar-refractivity contribution in [1.29, 1.82) is 0 Å². The normalized spacial score (nSPS) is 24.0. The molecule has 1 saturated carbocycles. The average molecular weight is 656 g/mol. The highest BCUT2D eigenvalue weighted by atomic mass is 32.2. The van der Waals surface area contributed by atoms with E-state index in [2.05, 4.69) is 15.3 Å². The third kappa shape index (κ3) is 6.84. The summed E-state index contributed by atoms with van der Waals surface area (Å²) in [6, 6.07) is 3.82. The first-order valence-corrected chi connectivity index (χ1v) is 16.1. The van der Waals surface area contributed by atoms with Crippen LogP contribution in [0.5, 0.6) is 0 Å². The summed E-state index contributed by atoms with van der Waals surface area (Å²) in [6.07, 6.45) is -5.65. The lowest BCUT2D eigenvalue weighted by atomic mass is 10.1. The van der Waals surface area contributed by atoms with Gasteiger partial charge in [-0.3, -0.25) is 4.79 Å². The summed E-state index contributed by atoms with van der Waals surface area (Å²) in [5.41, 5.74) is 7.55. The molecule has 45 heavy (non-hydrogen) atoms. The molecule has 5 rings (SSSR count). The number of halogens is 3.